The lowest BCUT2D eigenvalue weighted by atomic mass is 10.0. The van der Waals surface area contributed by atoms with E-state index in [0.717, 1.165) is 38.5 Å². The van der Waals surface area contributed by atoms with Crippen molar-refractivity contribution in [2.75, 3.05) is 0 Å². The Balaban J connectivity index is 0. The number of carboxylic acid groups (broad SMARTS) is 2. The van der Waals surface area contributed by atoms with Crippen LogP contribution in [0.15, 0.2) is 24.3 Å². The first kappa shape index (κ1) is 50.4. The zero-order valence-corrected chi connectivity index (χ0v) is 33.1. The molecule has 4 N–H and O–H groups in total. The molecule has 0 aliphatic carbocycles. The maximum Gasteiger partial charge on any atom is 0.332 e. The second-order valence-corrected chi connectivity index (χ2v) is 14.6. The summed E-state index contributed by atoms with van der Waals surface area (Å²) < 4.78 is 0. The molecule has 0 aromatic rings. The van der Waals surface area contributed by atoms with E-state index < -0.39 is 24.1 Å². The fraction of sp³-hybridized carbons (Fsp3) is 0.864. The Morgan fingerprint density at radius 1 is 0.360 bits per heavy atom. The van der Waals surface area contributed by atoms with E-state index >= 15 is 0 Å². The van der Waals surface area contributed by atoms with Gasteiger partial charge in [0.1, 0.15) is 0 Å². The molecule has 0 aromatic carbocycles. The van der Waals surface area contributed by atoms with Crippen LogP contribution in [0.2, 0.25) is 0 Å². The molecule has 0 rings (SSSR count). The number of carbonyl (C=O) groups is 2. The molecule has 0 aromatic heterocycles. The van der Waals surface area contributed by atoms with Gasteiger partial charge in [0.05, 0.1) is 0 Å². The number of aliphatic hydroxyl groups excluding tert-OH is 2. The maximum absolute atomic E-state index is 10.5. The Hall–Kier alpha value is -1.66. The molecule has 0 saturated carbocycles. The van der Waals surface area contributed by atoms with Crippen molar-refractivity contribution in [1.82, 2.24) is 0 Å². The minimum absolute atomic E-state index is 0.389. The number of rotatable bonds is 38. The van der Waals surface area contributed by atoms with E-state index in [-0.39, 0.29) is 0 Å². The monoisotopic (exact) mass is 709 g/mol. The molecule has 0 radical (unpaired) electrons. The van der Waals surface area contributed by atoms with Crippen molar-refractivity contribution >= 4 is 11.9 Å². The number of unbranched alkanes of at least 4 members (excludes halogenated alkanes) is 28. The molecule has 2 unspecified atom stereocenters. The topological polar surface area (TPSA) is 115 Å². The van der Waals surface area contributed by atoms with E-state index in [0.29, 0.717) is 12.8 Å². The minimum Gasteiger partial charge on any atom is -0.479 e. The Bertz CT molecular complexity index is 687. The largest absolute Gasteiger partial charge is 0.479 e. The van der Waals surface area contributed by atoms with Gasteiger partial charge in [0.2, 0.25) is 0 Å². The van der Waals surface area contributed by atoms with Gasteiger partial charge >= 0.3 is 11.9 Å². The number of carboxylic acids is 2. The van der Waals surface area contributed by atoms with Gasteiger partial charge in [-0.2, -0.15) is 0 Å². The van der Waals surface area contributed by atoms with E-state index in [4.69, 9.17) is 20.4 Å². The van der Waals surface area contributed by atoms with Gasteiger partial charge in [-0.05, 0) is 64.2 Å². The number of allylic oxidation sites excluding steroid dienone is 4. The normalized spacial score (nSPS) is 12.7. The van der Waals surface area contributed by atoms with Crippen LogP contribution in [-0.4, -0.2) is 44.6 Å². The first-order valence-corrected chi connectivity index (χ1v) is 21.5. The molecule has 0 heterocycles. The van der Waals surface area contributed by atoms with Gasteiger partial charge < -0.3 is 20.4 Å². The quantitative estimate of drug-likeness (QED) is 0.0375. The van der Waals surface area contributed by atoms with Crippen LogP contribution in [-0.2, 0) is 9.59 Å². The Morgan fingerprint density at radius 2 is 0.560 bits per heavy atom. The number of aliphatic hydroxyl groups is 2. The van der Waals surface area contributed by atoms with E-state index in [9.17, 15) is 9.59 Å². The highest BCUT2D eigenvalue weighted by atomic mass is 16.4. The van der Waals surface area contributed by atoms with Crippen LogP contribution >= 0.6 is 0 Å². The van der Waals surface area contributed by atoms with Crippen LogP contribution in [0.4, 0.5) is 0 Å². The first-order chi connectivity index (χ1) is 24.4. The van der Waals surface area contributed by atoms with Gasteiger partial charge in [-0.15, -0.1) is 0 Å². The third-order valence-electron chi connectivity index (χ3n) is 9.55. The summed E-state index contributed by atoms with van der Waals surface area (Å²) in [4.78, 5) is 20.9. The van der Waals surface area contributed by atoms with E-state index in [1.807, 2.05) is 0 Å². The SMILES string of the molecule is CCCCCCCCC=CCCCCCCCCCCC(O)C(=O)O.CCCCCCCCC=CCCCCCCCCCCC(O)C(=O)O. The van der Waals surface area contributed by atoms with Crippen molar-refractivity contribution in [2.24, 2.45) is 0 Å². The van der Waals surface area contributed by atoms with Crippen LogP contribution in [0.1, 0.15) is 232 Å². The molecule has 296 valence electrons. The van der Waals surface area contributed by atoms with Gasteiger partial charge in [0.25, 0.3) is 0 Å². The minimum atomic E-state index is -1.17. The van der Waals surface area contributed by atoms with E-state index in [2.05, 4.69) is 38.2 Å². The molecule has 6 heteroatoms. The Kier molecular flexibility index (Phi) is 43.9. The zero-order chi connectivity index (χ0) is 37.2. The molecule has 2 atom stereocenters. The summed E-state index contributed by atoms with van der Waals surface area (Å²) in [7, 11) is 0. The van der Waals surface area contributed by atoms with Crippen LogP contribution < -0.4 is 0 Å². The first-order valence-electron chi connectivity index (χ1n) is 21.5. The fourth-order valence-corrected chi connectivity index (χ4v) is 6.12. The van der Waals surface area contributed by atoms with Crippen molar-refractivity contribution in [2.45, 2.75) is 244 Å². The Morgan fingerprint density at radius 3 is 0.780 bits per heavy atom. The predicted molar refractivity (Wildman–Crippen MR) is 214 cm³/mol. The second kappa shape index (κ2) is 43.5. The molecular formula is C44H84O6. The lowest BCUT2D eigenvalue weighted by Gasteiger charge is -2.05. The summed E-state index contributed by atoms with van der Waals surface area (Å²) in [5.74, 6) is -2.19. The number of hydrogen-bond acceptors (Lipinski definition) is 4. The summed E-state index contributed by atoms with van der Waals surface area (Å²) in [5.41, 5.74) is 0. The molecule has 50 heavy (non-hydrogen) atoms. The fourth-order valence-electron chi connectivity index (χ4n) is 6.12. The number of aliphatic carboxylic acids is 2. The van der Waals surface area contributed by atoms with Crippen LogP contribution in [0.5, 0.6) is 0 Å². The van der Waals surface area contributed by atoms with Crippen molar-refractivity contribution < 1.29 is 30.0 Å². The molecule has 0 aliphatic rings. The highest BCUT2D eigenvalue weighted by molar-refractivity contribution is 5.72. The predicted octanol–water partition coefficient (Wildman–Crippen LogP) is 13.3. The zero-order valence-electron chi connectivity index (χ0n) is 33.1. The lowest BCUT2D eigenvalue weighted by Crippen LogP contribution is -2.18. The van der Waals surface area contributed by atoms with Crippen LogP contribution in [0, 0.1) is 0 Å². The van der Waals surface area contributed by atoms with Gasteiger partial charge in [0.15, 0.2) is 12.2 Å². The van der Waals surface area contributed by atoms with Crippen molar-refractivity contribution in [1.29, 1.82) is 0 Å². The molecule has 0 fully saturated rings. The molecule has 0 saturated heterocycles. The molecule has 0 bridgehead atoms. The summed E-state index contributed by atoms with van der Waals surface area (Å²) in [5, 5.41) is 35.5. The third-order valence-corrected chi connectivity index (χ3v) is 9.55. The maximum atomic E-state index is 10.5. The molecule has 0 aliphatic heterocycles. The molecular weight excluding hydrogens is 624 g/mol. The van der Waals surface area contributed by atoms with Gasteiger partial charge in [0, 0.05) is 0 Å². The van der Waals surface area contributed by atoms with Crippen molar-refractivity contribution in [3.63, 3.8) is 0 Å². The smallest absolute Gasteiger partial charge is 0.332 e. The molecule has 6 nitrogen and oxygen atoms in total. The van der Waals surface area contributed by atoms with E-state index in [1.165, 1.54) is 167 Å². The van der Waals surface area contributed by atoms with Gasteiger partial charge in [-0.3, -0.25) is 0 Å². The standard InChI is InChI=1S/2C22H42O3/c2*1-2-3-4-5-6-7-8-9-10-11-12-13-14-15-16-17-18-19-20-21(23)22(24)25/h2*9-10,21,23H,2-8,11-20H2,1H3,(H,24,25). The lowest BCUT2D eigenvalue weighted by molar-refractivity contribution is -0.147. The highest BCUT2D eigenvalue weighted by Crippen LogP contribution is 2.14. The van der Waals surface area contributed by atoms with Gasteiger partial charge in [-0.1, -0.05) is 192 Å². The second-order valence-electron chi connectivity index (χ2n) is 14.6. The third kappa shape index (κ3) is 44.4. The average Bonchev–Trinajstić information content (AvgIpc) is 3.10. The molecule has 0 spiro atoms. The average molecular weight is 709 g/mol. The molecule has 0 amide bonds. The summed E-state index contributed by atoms with van der Waals surface area (Å²) in [6, 6.07) is 0. The Labute approximate surface area is 310 Å². The van der Waals surface area contributed by atoms with Crippen molar-refractivity contribution in [3.8, 4) is 0 Å². The number of hydrogen-bond donors (Lipinski definition) is 4. The van der Waals surface area contributed by atoms with Crippen molar-refractivity contribution in [3.05, 3.63) is 24.3 Å². The van der Waals surface area contributed by atoms with Crippen LogP contribution in [0.3, 0.4) is 0 Å². The summed E-state index contributed by atoms with van der Waals surface area (Å²) >= 11 is 0. The van der Waals surface area contributed by atoms with Gasteiger partial charge in [-0.25, -0.2) is 9.59 Å². The highest BCUT2D eigenvalue weighted by Gasteiger charge is 2.12. The summed E-state index contributed by atoms with van der Waals surface area (Å²) in [6.07, 6.45) is 48.3. The van der Waals surface area contributed by atoms with E-state index in [1.54, 1.807) is 0 Å². The van der Waals surface area contributed by atoms with Crippen LogP contribution in [0.25, 0.3) is 0 Å². The summed E-state index contributed by atoms with van der Waals surface area (Å²) in [6.45, 7) is 4.53.